The van der Waals surface area contributed by atoms with E-state index in [0.717, 1.165) is 32.4 Å². The minimum atomic E-state index is -0.0865. The average Bonchev–Trinajstić information content (AvgIpc) is 3.07. The lowest BCUT2D eigenvalue weighted by Gasteiger charge is -2.10. The summed E-state index contributed by atoms with van der Waals surface area (Å²) < 4.78 is 12.5. The fourth-order valence-electron chi connectivity index (χ4n) is 1.93. The van der Waals surface area contributed by atoms with E-state index >= 15 is 0 Å². The van der Waals surface area contributed by atoms with Gasteiger partial charge >= 0.3 is 0 Å². The minimum Gasteiger partial charge on any atom is -0.376 e. The van der Waals surface area contributed by atoms with Crippen molar-refractivity contribution in [2.75, 3.05) is 26.4 Å². The maximum Gasteiger partial charge on any atom is 0.246 e. The maximum atomic E-state index is 11.5. The molecule has 1 aromatic heterocycles. The van der Waals surface area contributed by atoms with E-state index in [0.29, 0.717) is 13.2 Å². The zero-order valence-electron chi connectivity index (χ0n) is 11.0. The van der Waals surface area contributed by atoms with Gasteiger partial charge in [0.2, 0.25) is 5.91 Å². The number of aromatic nitrogens is 3. The van der Waals surface area contributed by atoms with Crippen molar-refractivity contribution in [3.8, 4) is 0 Å². The molecule has 0 bridgehead atoms. The summed E-state index contributed by atoms with van der Waals surface area (Å²) >= 11 is 0. The lowest BCUT2D eigenvalue weighted by Crippen LogP contribution is -2.30. The molecule has 0 spiro atoms. The molecule has 1 fully saturated rings. The second-order valence-corrected chi connectivity index (χ2v) is 4.52. The van der Waals surface area contributed by atoms with Gasteiger partial charge in [0.05, 0.1) is 18.9 Å². The van der Waals surface area contributed by atoms with Crippen LogP contribution in [0.5, 0.6) is 0 Å². The van der Waals surface area contributed by atoms with Gasteiger partial charge in [-0.15, -0.1) is 5.10 Å². The van der Waals surface area contributed by atoms with Crippen molar-refractivity contribution in [2.24, 2.45) is 0 Å². The van der Waals surface area contributed by atoms with Crippen molar-refractivity contribution < 1.29 is 14.3 Å². The van der Waals surface area contributed by atoms with E-state index in [9.17, 15) is 4.79 Å². The van der Waals surface area contributed by atoms with Gasteiger partial charge in [0.25, 0.3) is 0 Å². The van der Waals surface area contributed by atoms with E-state index in [2.05, 4.69) is 15.6 Å². The Morgan fingerprint density at radius 3 is 3.26 bits per heavy atom. The fraction of sp³-hybridized carbons (Fsp3) is 0.750. The Bertz CT molecular complexity index is 363. The Hall–Kier alpha value is -1.47. The Balaban J connectivity index is 1.45. The van der Waals surface area contributed by atoms with Crippen LogP contribution in [0.1, 0.15) is 19.3 Å². The number of nitrogens with one attached hydrogen (secondary N) is 1. The molecule has 2 rings (SSSR count). The molecule has 7 nitrogen and oxygen atoms in total. The van der Waals surface area contributed by atoms with Crippen LogP contribution in [0.2, 0.25) is 0 Å². The van der Waals surface area contributed by atoms with Crippen LogP contribution in [0.15, 0.2) is 12.4 Å². The second-order valence-electron chi connectivity index (χ2n) is 4.52. The van der Waals surface area contributed by atoms with Gasteiger partial charge in [-0.3, -0.25) is 9.48 Å². The number of rotatable bonds is 8. The van der Waals surface area contributed by atoms with Crippen molar-refractivity contribution in [3.05, 3.63) is 12.4 Å². The number of aryl methyl sites for hydroxylation is 1. The van der Waals surface area contributed by atoms with E-state index in [1.807, 2.05) is 0 Å². The van der Waals surface area contributed by atoms with Crippen LogP contribution in [0, 0.1) is 0 Å². The predicted octanol–water partition coefficient (Wildman–Crippen LogP) is -0.0200. The molecule has 1 saturated heterocycles. The summed E-state index contributed by atoms with van der Waals surface area (Å²) in [4.78, 5) is 11.5. The third kappa shape index (κ3) is 5.35. The van der Waals surface area contributed by atoms with E-state index in [4.69, 9.17) is 9.47 Å². The highest BCUT2D eigenvalue weighted by Crippen LogP contribution is 2.11. The van der Waals surface area contributed by atoms with Gasteiger partial charge < -0.3 is 14.8 Å². The zero-order valence-corrected chi connectivity index (χ0v) is 11.0. The maximum absolute atomic E-state index is 11.5. The number of carbonyl (C=O) groups is 1. The number of ether oxygens (including phenoxy) is 2. The largest absolute Gasteiger partial charge is 0.376 e. The zero-order chi connectivity index (χ0) is 13.3. The van der Waals surface area contributed by atoms with Crippen molar-refractivity contribution >= 4 is 5.91 Å². The molecular formula is C12H20N4O3. The molecule has 0 saturated carbocycles. The van der Waals surface area contributed by atoms with Gasteiger partial charge in [-0.25, -0.2) is 0 Å². The molecule has 1 atom stereocenters. The molecule has 7 heteroatoms. The minimum absolute atomic E-state index is 0.0865. The van der Waals surface area contributed by atoms with Gasteiger partial charge in [-0.2, -0.15) is 0 Å². The first-order chi connectivity index (χ1) is 9.34. The monoisotopic (exact) mass is 268 g/mol. The molecule has 1 aromatic rings. The van der Waals surface area contributed by atoms with Crippen LogP contribution in [0.4, 0.5) is 0 Å². The molecular weight excluding hydrogens is 248 g/mol. The van der Waals surface area contributed by atoms with Crippen molar-refractivity contribution in [1.82, 2.24) is 20.3 Å². The van der Waals surface area contributed by atoms with Crippen LogP contribution in [-0.4, -0.2) is 53.4 Å². The Kier molecular flexibility index (Phi) is 5.77. The first-order valence-electron chi connectivity index (χ1n) is 6.65. The highest BCUT2D eigenvalue weighted by atomic mass is 16.5. The van der Waals surface area contributed by atoms with Crippen LogP contribution in [0.25, 0.3) is 0 Å². The number of nitrogens with zero attached hydrogens (tertiary/aromatic N) is 3. The molecule has 0 radical (unpaired) electrons. The van der Waals surface area contributed by atoms with Crippen LogP contribution >= 0.6 is 0 Å². The van der Waals surface area contributed by atoms with Crippen molar-refractivity contribution in [2.45, 2.75) is 31.9 Å². The predicted molar refractivity (Wildman–Crippen MR) is 67.4 cm³/mol. The molecule has 1 aliphatic rings. The molecule has 106 valence electrons. The van der Waals surface area contributed by atoms with E-state index in [1.54, 1.807) is 17.1 Å². The number of hydrogen-bond donors (Lipinski definition) is 1. The molecule has 2 heterocycles. The highest BCUT2D eigenvalue weighted by molar-refractivity contribution is 5.77. The Morgan fingerprint density at radius 1 is 1.58 bits per heavy atom. The lowest BCUT2D eigenvalue weighted by atomic mass is 10.2. The summed E-state index contributed by atoms with van der Waals surface area (Å²) in [6.45, 7) is 2.77. The van der Waals surface area contributed by atoms with Gasteiger partial charge in [0.15, 0.2) is 0 Å². The molecule has 1 amide bonds. The van der Waals surface area contributed by atoms with Crippen molar-refractivity contribution in [1.29, 1.82) is 0 Å². The summed E-state index contributed by atoms with van der Waals surface area (Å²) in [5, 5.41) is 10.4. The molecule has 1 aliphatic heterocycles. The molecule has 0 aliphatic carbocycles. The Morgan fingerprint density at radius 2 is 2.53 bits per heavy atom. The standard InChI is InChI=1S/C12H20N4O3/c17-12(10-18-9-11-3-1-8-19-11)13-4-2-6-16-7-5-14-15-16/h5,7,11H,1-4,6,8-10H2,(H,13,17). The highest BCUT2D eigenvalue weighted by Gasteiger charge is 2.15. The van der Waals surface area contributed by atoms with Crippen LogP contribution in [-0.2, 0) is 20.8 Å². The van der Waals surface area contributed by atoms with E-state index in [1.165, 1.54) is 0 Å². The van der Waals surface area contributed by atoms with Crippen molar-refractivity contribution in [3.63, 3.8) is 0 Å². The normalized spacial score (nSPS) is 18.6. The summed E-state index contributed by atoms with van der Waals surface area (Å²) in [5.41, 5.74) is 0. The second kappa shape index (κ2) is 7.85. The quantitative estimate of drug-likeness (QED) is 0.670. The molecule has 1 N–H and O–H groups in total. The third-order valence-electron chi connectivity index (χ3n) is 2.92. The third-order valence-corrected chi connectivity index (χ3v) is 2.92. The summed E-state index contributed by atoms with van der Waals surface area (Å²) in [5.74, 6) is -0.0865. The Labute approximate surface area is 112 Å². The molecule has 0 aromatic carbocycles. The SMILES string of the molecule is O=C(COCC1CCCO1)NCCCn1ccnn1. The fourth-order valence-corrected chi connectivity index (χ4v) is 1.93. The summed E-state index contributed by atoms with van der Waals surface area (Å²) in [7, 11) is 0. The van der Waals surface area contributed by atoms with E-state index < -0.39 is 0 Å². The van der Waals surface area contributed by atoms with E-state index in [-0.39, 0.29) is 18.6 Å². The number of carbonyl (C=O) groups excluding carboxylic acids is 1. The summed E-state index contributed by atoms with van der Waals surface area (Å²) in [6.07, 6.45) is 6.53. The number of hydrogen-bond acceptors (Lipinski definition) is 5. The van der Waals surface area contributed by atoms with Gasteiger partial charge in [-0.05, 0) is 19.3 Å². The first-order valence-corrected chi connectivity index (χ1v) is 6.65. The topological polar surface area (TPSA) is 78.3 Å². The molecule has 1 unspecified atom stereocenters. The first kappa shape index (κ1) is 14.0. The average molecular weight is 268 g/mol. The smallest absolute Gasteiger partial charge is 0.246 e. The van der Waals surface area contributed by atoms with Crippen LogP contribution < -0.4 is 5.32 Å². The lowest BCUT2D eigenvalue weighted by molar-refractivity contribution is -0.126. The van der Waals surface area contributed by atoms with Gasteiger partial charge in [-0.1, -0.05) is 5.21 Å². The number of amides is 1. The van der Waals surface area contributed by atoms with Gasteiger partial charge in [0, 0.05) is 25.9 Å². The van der Waals surface area contributed by atoms with Gasteiger partial charge in [0.1, 0.15) is 6.61 Å². The van der Waals surface area contributed by atoms with Crippen LogP contribution in [0.3, 0.4) is 0 Å². The molecule has 19 heavy (non-hydrogen) atoms. The summed E-state index contributed by atoms with van der Waals surface area (Å²) in [6, 6.07) is 0.